The number of nitrogens with zero attached hydrogens (tertiary/aromatic N) is 3. The Morgan fingerprint density at radius 2 is 2.32 bits per heavy atom. The molecule has 0 aromatic carbocycles. The monoisotopic (exact) mass is 256 g/mol. The number of nitrogens with one attached hydrogen (secondary N) is 1. The Morgan fingerprint density at radius 1 is 1.37 bits per heavy atom. The van der Waals surface area contributed by atoms with Crippen LogP contribution in [-0.4, -0.2) is 46.1 Å². The van der Waals surface area contributed by atoms with Crippen molar-refractivity contribution in [3.05, 3.63) is 36.2 Å². The fourth-order valence-corrected chi connectivity index (χ4v) is 3.36. The van der Waals surface area contributed by atoms with Crippen LogP contribution in [0.1, 0.15) is 16.8 Å². The fraction of sp³-hybridized carbons (Fsp3) is 0.429. The molecule has 5 nitrogen and oxygen atoms in total. The van der Waals surface area contributed by atoms with Gasteiger partial charge in [-0.05, 0) is 24.5 Å². The molecule has 4 rings (SSSR count). The minimum absolute atomic E-state index is 0.123. The van der Waals surface area contributed by atoms with Crippen LogP contribution in [-0.2, 0) is 0 Å². The van der Waals surface area contributed by atoms with Gasteiger partial charge in [0.15, 0.2) is 0 Å². The van der Waals surface area contributed by atoms with Crippen LogP contribution in [0.3, 0.4) is 0 Å². The largest absolute Gasteiger partial charge is 0.334 e. The van der Waals surface area contributed by atoms with Gasteiger partial charge in [0.05, 0.1) is 17.3 Å². The zero-order valence-corrected chi connectivity index (χ0v) is 10.6. The van der Waals surface area contributed by atoms with Gasteiger partial charge in [0.1, 0.15) is 0 Å². The summed E-state index contributed by atoms with van der Waals surface area (Å²) >= 11 is 0. The molecule has 2 aromatic rings. The first-order chi connectivity index (χ1) is 9.34. The van der Waals surface area contributed by atoms with Crippen LogP contribution in [0.2, 0.25) is 0 Å². The highest BCUT2D eigenvalue weighted by atomic mass is 16.2. The van der Waals surface area contributed by atoms with Gasteiger partial charge in [0.2, 0.25) is 0 Å². The first-order valence-corrected chi connectivity index (χ1v) is 6.78. The number of carbonyl (C=O) groups excluding carboxylic acids is 1. The van der Waals surface area contributed by atoms with E-state index in [0.717, 1.165) is 31.6 Å². The van der Waals surface area contributed by atoms with Crippen LogP contribution < -0.4 is 5.32 Å². The van der Waals surface area contributed by atoms with E-state index < -0.39 is 0 Å². The Kier molecular flexibility index (Phi) is 2.35. The number of pyridine rings is 1. The van der Waals surface area contributed by atoms with Crippen molar-refractivity contribution in [1.29, 1.82) is 0 Å². The third kappa shape index (κ3) is 1.58. The van der Waals surface area contributed by atoms with E-state index >= 15 is 0 Å². The van der Waals surface area contributed by atoms with Gasteiger partial charge < -0.3 is 10.2 Å². The maximum absolute atomic E-state index is 12.7. The topological polar surface area (TPSA) is 49.6 Å². The van der Waals surface area contributed by atoms with Crippen molar-refractivity contribution < 1.29 is 4.79 Å². The van der Waals surface area contributed by atoms with Gasteiger partial charge >= 0.3 is 0 Å². The van der Waals surface area contributed by atoms with Gasteiger partial charge in [-0.3, -0.25) is 4.79 Å². The first kappa shape index (κ1) is 11.0. The smallest absolute Gasteiger partial charge is 0.257 e. The number of aromatic nitrogens is 2. The Hall–Kier alpha value is -1.88. The van der Waals surface area contributed by atoms with Crippen LogP contribution in [0.4, 0.5) is 0 Å². The first-order valence-electron chi connectivity index (χ1n) is 6.78. The van der Waals surface area contributed by atoms with Crippen molar-refractivity contribution in [3.63, 3.8) is 0 Å². The van der Waals surface area contributed by atoms with Gasteiger partial charge in [-0.1, -0.05) is 6.07 Å². The van der Waals surface area contributed by atoms with Crippen molar-refractivity contribution in [2.75, 3.05) is 19.6 Å². The summed E-state index contributed by atoms with van der Waals surface area (Å²) in [5, 5.41) is 7.63. The lowest BCUT2D eigenvalue weighted by atomic mass is 10.0. The molecule has 98 valence electrons. The molecule has 0 unspecified atom stereocenters. The van der Waals surface area contributed by atoms with Gasteiger partial charge in [-0.25, -0.2) is 4.52 Å². The summed E-state index contributed by atoms with van der Waals surface area (Å²) in [7, 11) is 0. The molecule has 2 atom stereocenters. The van der Waals surface area contributed by atoms with Gasteiger partial charge in [-0.15, -0.1) is 0 Å². The Bertz CT molecular complexity index is 635. The molecule has 0 bridgehead atoms. The molecule has 0 spiro atoms. The quantitative estimate of drug-likeness (QED) is 0.820. The van der Waals surface area contributed by atoms with E-state index in [0.29, 0.717) is 17.5 Å². The molecule has 4 heterocycles. The molecule has 2 saturated heterocycles. The SMILES string of the molecule is O=C(c1cnn2ccccc12)N1CC[C@H]2CNC[C@H]21. The second-order valence-corrected chi connectivity index (χ2v) is 5.36. The third-order valence-corrected chi connectivity index (χ3v) is 4.36. The second kappa shape index (κ2) is 4.06. The molecule has 0 aliphatic carbocycles. The van der Waals surface area contributed by atoms with Gasteiger partial charge in [0, 0.05) is 31.9 Å². The average molecular weight is 256 g/mol. The number of carbonyl (C=O) groups is 1. The maximum atomic E-state index is 12.7. The molecule has 1 amide bonds. The number of likely N-dealkylation sites (tertiary alicyclic amines) is 1. The standard InChI is InChI=1S/C14H16N4O/c19-14(17-6-4-10-7-15-9-13(10)17)11-8-16-18-5-2-1-3-12(11)18/h1-3,5,8,10,13,15H,4,6-7,9H2/t10-,13+/m0/s1. The Morgan fingerprint density at radius 3 is 3.26 bits per heavy atom. The fourth-order valence-electron chi connectivity index (χ4n) is 3.36. The van der Waals surface area contributed by atoms with E-state index in [-0.39, 0.29) is 5.91 Å². The molecule has 0 saturated carbocycles. The number of rotatable bonds is 1. The predicted molar refractivity (Wildman–Crippen MR) is 71.0 cm³/mol. The number of fused-ring (bicyclic) bond motifs is 2. The zero-order valence-electron chi connectivity index (χ0n) is 10.6. The number of amides is 1. The molecule has 5 heteroatoms. The molecule has 1 N–H and O–H groups in total. The molecular formula is C14H16N4O. The number of hydrogen-bond acceptors (Lipinski definition) is 3. The average Bonchev–Trinajstić information content (AvgIpc) is 3.12. The van der Waals surface area contributed by atoms with Crippen molar-refractivity contribution in [1.82, 2.24) is 19.8 Å². The van der Waals surface area contributed by atoms with Crippen LogP contribution in [0, 0.1) is 5.92 Å². The van der Waals surface area contributed by atoms with Crippen molar-refractivity contribution in [3.8, 4) is 0 Å². The predicted octanol–water partition coefficient (Wildman–Crippen LogP) is 0.768. The summed E-state index contributed by atoms with van der Waals surface area (Å²) in [5.74, 6) is 0.753. The number of hydrogen-bond donors (Lipinski definition) is 1. The maximum Gasteiger partial charge on any atom is 0.257 e. The molecule has 2 aliphatic heterocycles. The van der Waals surface area contributed by atoms with Crippen LogP contribution in [0.5, 0.6) is 0 Å². The lowest BCUT2D eigenvalue weighted by Crippen LogP contribution is -2.39. The third-order valence-electron chi connectivity index (χ3n) is 4.36. The Labute approximate surface area is 111 Å². The van der Waals surface area contributed by atoms with E-state index in [4.69, 9.17) is 0 Å². The molecule has 2 aromatic heterocycles. The van der Waals surface area contributed by atoms with E-state index in [9.17, 15) is 4.79 Å². The van der Waals surface area contributed by atoms with Crippen LogP contribution in [0.25, 0.3) is 5.52 Å². The van der Waals surface area contributed by atoms with Gasteiger partial charge in [-0.2, -0.15) is 5.10 Å². The molecule has 2 fully saturated rings. The summed E-state index contributed by atoms with van der Waals surface area (Å²) in [6, 6.07) is 6.17. The summed E-state index contributed by atoms with van der Waals surface area (Å²) < 4.78 is 1.76. The molecule has 0 radical (unpaired) electrons. The summed E-state index contributed by atoms with van der Waals surface area (Å²) in [4.78, 5) is 14.7. The van der Waals surface area contributed by atoms with Crippen molar-refractivity contribution in [2.24, 2.45) is 5.92 Å². The van der Waals surface area contributed by atoms with Crippen LogP contribution in [0.15, 0.2) is 30.6 Å². The van der Waals surface area contributed by atoms with E-state index in [1.807, 2.05) is 29.3 Å². The van der Waals surface area contributed by atoms with E-state index in [2.05, 4.69) is 10.4 Å². The molecule has 19 heavy (non-hydrogen) atoms. The Balaban J connectivity index is 1.70. The molecular weight excluding hydrogens is 240 g/mol. The highest BCUT2D eigenvalue weighted by Gasteiger charge is 2.40. The molecule has 2 aliphatic rings. The van der Waals surface area contributed by atoms with Gasteiger partial charge in [0.25, 0.3) is 5.91 Å². The minimum Gasteiger partial charge on any atom is -0.334 e. The lowest BCUT2D eigenvalue weighted by Gasteiger charge is -2.22. The minimum atomic E-state index is 0.123. The highest BCUT2D eigenvalue weighted by molar-refractivity contribution is 6.00. The summed E-state index contributed by atoms with van der Waals surface area (Å²) in [6.07, 6.45) is 4.67. The van der Waals surface area contributed by atoms with Crippen molar-refractivity contribution in [2.45, 2.75) is 12.5 Å². The zero-order chi connectivity index (χ0) is 12.8. The van der Waals surface area contributed by atoms with E-state index in [1.165, 1.54) is 0 Å². The summed E-state index contributed by atoms with van der Waals surface area (Å²) in [5.41, 5.74) is 1.61. The lowest BCUT2D eigenvalue weighted by molar-refractivity contribution is 0.0739. The second-order valence-electron chi connectivity index (χ2n) is 5.36. The van der Waals surface area contributed by atoms with Crippen molar-refractivity contribution >= 4 is 11.4 Å². The summed E-state index contributed by atoms with van der Waals surface area (Å²) in [6.45, 7) is 2.85. The highest BCUT2D eigenvalue weighted by Crippen LogP contribution is 2.29. The van der Waals surface area contributed by atoms with Crippen LogP contribution >= 0.6 is 0 Å². The van der Waals surface area contributed by atoms with E-state index in [1.54, 1.807) is 10.7 Å². The normalized spacial score (nSPS) is 26.0.